The van der Waals surface area contributed by atoms with Gasteiger partial charge >= 0.3 is 11.9 Å². The SMILES string of the molecule is C=CCOC(=O)/C=C(/C)C(=O)O. The van der Waals surface area contributed by atoms with Crippen molar-refractivity contribution >= 4 is 11.9 Å². The summed E-state index contributed by atoms with van der Waals surface area (Å²) in [7, 11) is 0. The Morgan fingerprint density at radius 1 is 1.58 bits per heavy atom. The van der Waals surface area contributed by atoms with Crippen LogP contribution >= 0.6 is 0 Å². The van der Waals surface area contributed by atoms with Crippen molar-refractivity contribution in [2.75, 3.05) is 6.61 Å². The van der Waals surface area contributed by atoms with Crippen LogP contribution in [0.3, 0.4) is 0 Å². The fourth-order valence-corrected chi connectivity index (χ4v) is 0.421. The molecule has 0 saturated heterocycles. The number of hydrogen-bond acceptors (Lipinski definition) is 3. The summed E-state index contributed by atoms with van der Waals surface area (Å²) < 4.78 is 4.52. The molecule has 66 valence electrons. The van der Waals surface area contributed by atoms with Crippen LogP contribution in [0.25, 0.3) is 0 Å². The summed E-state index contributed by atoms with van der Waals surface area (Å²) in [5.74, 6) is -1.81. The average molecular weight is 170 g/mol. The van der Waals surface area contributed by atoms with Crippen LogP contribution in [0, 0.1) is 0 Å². The van der Waals surface area contributed by atoms with Gasteiger partial charge < -0.3 is 9.84 Å². The van der Waals surface area contributed by atoms with Gasteiger partial charge in [0.2, 0.25) is 0 Å². The smallest absolute Gasteiger partial charge is 0.331 e. The molecular formula is C8H10O4. The molecule has 0 aliphatic carbocycles. The number of carbonyl (C=O) groups excluding carboxylic acids is 1. The van der Waals surface area contributed by atoms with Gasteiger partial charge in [-0.15, -0.1) is 0 Å². The lowest BCUT2D eigenvalue weighted by Gasteiger charge is -1.96. The summed E-state index contributed by atoms with van der Waals surface area (Å²) in [6.45, 7) is 4.74. The standard InChI is InChI=1S/C8H10O4/c1-3-4-12-7(9)5-6(2)8(10)11/h3,5H,1,4H2,2H3,(H,10,11)/b6-5-. The zero-order valence-corrected chi connectivity index (χ0v) is 6.74. The van der Waals surface area contributed by atoms with Crippen LogP contribution in [0.4, 0.5) is 0 Å². The Kier molecular flexibility index (Phi) is 4.45. The first-order valence-corrected chi connectivity index (χ1v) is 3.27. The Bertz CT molecular complexity index is 227. The molecule has 0 fully saturated rings. The molecule has 0 aromatic rings. The first kappa shape index (κ1) is 10.4. The van der Waals surface area contributed by atoms with Crippen molar-refractivity contribution in [3.05, 3.63) is 24.3 Å². The Hall–Kier alpha value is -1.58. The van der Waals surface area contributed by atoms with Crippen LogP contribution in [0.5, 0.6) is 0 Å². The summed E-state index contributed by atoms with van der Waals surface area (Å²) in [4.78, 5) is 20.9. The lowest BCUT2D eigenvalue weighted by atomic mass is 10.3. The normalized spacial score (nSPS) is 10.6. The number of esters is 1. The molecular weight excluding hydrogens is 160 g/mol. The molecule has 1 N–H and O–H groups in total. The van der Waals surface area contributed by atoms with E-state index in [1.807, 2.05) is 0 Å². The highest BCUT2D eigenvalue weighted by Crippen LogP contribution is 1.93. The minimum atomic E-state index is -1.13. The zero-order chi connectivity index (χ0) is 9.56. The van der Waals surface area contributed by atoms with E-state index in [1.165, 1.54) is 13.0 Å². The van der Waals surface area contributed by atoms with E-state index in [4.69, 9.17) is 5.11 Å². The minimum absolute atomic E-state index is 0.0518. The highest BCUT2D eigenvalue weighted by molar-refractivity contribution is 5.94. The second-order valence-electron chi connectivity index (χ2n) is 2.05. The maximum Gasteiger partial charge on any atom is 0.331 e. The van der Waals surface area contributed by atoms with Gasteiger partial charge in [0.15, 0.2) is 0 Å². The van der Waals surface area contributed by atoms with Gasteiger partial charge in [-0.1, -0.05) is 12.7 Å². The van der Waals surface area contributed by atoms with Crippen LogP contribution in [0.1, 0.15) is 6.92 Å². The molecule has 0 aliphatic rings. The van der Waals surface area contributed by atoms with Crippen LogP contribution in [0.15, 0.2) is 24.3 Å². The zero-order valence-electron chi connectivity index (χ0n) is 6.74. The van der Waals surface area contributed by atoms with Gasteiger partial charge in [0.1, 0.15) is 6.61 Å². The summed E-state index contributed by atoms with van der Waals surface area (Å²) >= 11 is 0. The number of rotatable bonds is 4. The molecule has 0 aromatic heterocycles. The molecule has 12 heavy (non-hydrogen) atoms. The van der Waals surface area contributed by atoms with Gasteiger partial charge in [0, 0.05) is 11.6 Å². The highest BCUT2D eigenvalue weighted by Gasteiger charge is 2.03. The number of carbonyl (C=O) groups is 2. The van der Waals surface area contributed by atoms with E-state index < -0.39 is 11.9 Å². The number of hydrogen-bond donors (Lipinski definition) is 1. The summed E-state index contributed by atoms with van der Waals surface area (Å²) in [6.07, 6.45) is 2.33. The van der Waals surface area contributed by atoms with Gasteiger partial charge in [0.05, 0.1) is 0 Å². The molecule has 0 spiro atoms. The lowest BCUT2D eigenvalue weighted by molar-refractivity contribution is -0.138. The number of carboxylic acids is 1. The Balaban J connectivity index is 4.05. The van der Waals surface area contributed by atoms with Crippen LogP contribution in [0.2, 0.25) is 0 Å². The second-order valence-corrected chi connectivity index (χ2v) is 2.05. The molecule has 0 aliphatic heterocycles. The van der Waals surface area contributed by atoms with Crippen LogP contribution < -0.4 is 0 Å². The van der Waals surface area contributed by atoms with Crippen molar-refractivity contribution in [2.24, 2.45) is 0 Å². The Morgan fingerprint density at radius 2 is 2.17 bits per heavy atom. The second kappa shape index (κ2) is 5.12. The summed E-state index contributed by atoms with van der Waals surface area (Å²) in [5.41, 5.74) is -0.0518. The molecule has 0 saturated carbocycles. The van der Waals surface area contributed by atoms with Crippen molar-refractivity contribution in [1.82, 2.24) is 0 Å². The highest BCUT2D eigenvalue weighted by atomic mass is 16.5. The number of aliphatic carboxylic acids is 1. The predicted octanol–water partition coefficient (Wildman–Crippen LogP) is 0.746. The molecule has 0 rings (SSSR count). The molecule has 4 nitrogen and oxygen atoms in total. The molecule has 0 heterocycles. The monoisotopic (exact) mass is 170 g/mol. The van der Waals surface area contributed by atoms with Crippen molar-refractivity contribution in [1.29, 1.82) is 0 Å². The Labute approximate surface area is 70.1 Å². The van der Waals surface area contributed by atoms with Crippen LogP contribution in [-0.2, 0) is 14.3 Å². The summed E-state index contributed by atoms with van der Waals surface area (Å²) in [6, 6.07) is 0. The minimum Gasteiger partial charge on any atom is -0.478 e. The van der Waals surface area contributed by atoms with Gasteiger partial charge in [-0.25, -0.2) is 9.59 Å². The van der Waals surface area contributed by atoms with E-state index in [-0.39, 0.29) is 12.2 Å². The number of ether oxygens (including phenoxy) is 1. The first-order chi connectivity index (χ1) is 5.57. The third-order valence-corrected chi connectivity index (χ3v) is 1.02. The molecule has 0 amide bonds. The largest absolute Gasteiger partial charge is 0.478 e. The third-order valence-electron chi connectivity index (χ3n) is 1.02. The molecule has 0 bridgehead atoms. The van der Waals surface area contributed by atoms with Crippen molar-refractivity contribution < 1.29 is 19.4 Å². The van der Waals surface area contributed by atoms with Gasteiger partial charge in [0.25, 0.3) is 0 Å². The van der Waals surface area contributed by atoms with Gasteiger partial charge in [-0.3, -0.25) is 0 Å². The van der Waals surface area contributed by atoms with E-state index >= 15 is 0 Å². The Morgan fingerprint density at radius 3 is 2.58 bits per heavy atom. The van der Waals surface area contributed by atoms with Crippen molar-refractivity contribution in [2.45, 2.75) is 6.92 Å². The van der Waals surface area contributed by atoms with Gasteiger partial charge in [-0.2, -0.15) is 0 Å². The van der Waals surface area contributed by atoms with E-state index in [0.29, 0.717) is 0 Å². The van der Waals surface area contributed by atoms with E-state index in [1.54, 1.807) is 0 Å². The first-order valence-electron chi connectivity index (χ1n) is 3.27. The molecule has 0 unspecified atom stereocenters. The van der Waals surface area contributed by atoms with Gasteiger partial charge in [-0.05, 0) is 6.92 Å². The third kappa shape index (κ3) is 4.27. The van der Waals surface area contributed by atoms with E-state index in [9.17, 15) is 9.59 Å². The van der Waals surface area contributed by atoms with Crippen LogP contribution in [-0.4, -0.2) is 23.7 Å². The molecule has 0 radical (unpaired) electrons. The average Bonchev–Trinajstić information content (AvgIpc) is 2.00. The van der Waals surface area contributed by atoms with E-state index in [0.717, 1.165) is 6.08 Å². The summed E-state index contributed by atoms with van der Waals surface area (Å²) in [5, 5.41) is 8.36. The fourth-order valence-electron chi connectivity index (χ4n) is 0.421. The maximum absolute atomic E-state index is 10.7. The van der Waals surface area contributed by atoms with Crippen molar-refractivity contribution in [3.63, 3.8) is 0 Å². The predicted molar refractivity (Wildman–Crippen MR) is 42.5 cm³/mol. The van der Waals surface area contributed by atoms with Crippen molar-refractivity contribution in [3.8, 4) is 0 Å². The molecule has 0 atom stereocenters. The fraction of sp³-hybridized carbons (Fsp3) is 0.250. The topological polar surface area (TPSA) is 63.6 Å². The maximum atomic E-state index is 10.7. The number of carboxylic acid groups (broad SMARTS) is 1. The quantitative estimate of drug-likeness (QED) is 0.384. The molecule has 4 heteroatoms. The lowest BCUT2D eigenvalue weighted by Crippen LogP contribution is -2.04. The molecule has 0 aromatic carbocycles. The van der Waals surface area contributed by atoms with E-state index in [2.05, 4.69) is 11.3 Å².